The van der Waals surface area contributed by atoms with E-state index in [4.69, 9.17) is 9.84 Å². The van der Waals surface area contributed by atoms with E-state index >= 15 is 0 Å². The second-order valence-corrected chi connectivity index (χ2v) is 4.41. The first-order valence-corrected chi connectivity index (χ1v) is 6.32. The van der Waals surface area contributed by atoms with Crippen LogP contribution < -0.4 is 0 Å². The molecule has 0 saturated carbocycles. The summed E-state index contributed by atoms with van der Waals surface area (Å²) >= 11 is 0. The lowest BCUT2D eigenvalue weighted by Gasteiger charge is -2.25. The number of amides is 1. The smallest absolute Gasteiger partial charge is 0.303 e. The fourth-order valence-electron chi connectivity index (χ4n) is 1.96. The van der Waals surface area contributed by atoms with E-state index in [0.717, 1.165) is 12.8 Å². The van der Waals surface area contributed by atoms with Gasteiger partial charge in [0.1, 0.15) is 0 Å². The quantitative estimate of drug-likeness (QED) is 0.755. The summed E-state index contributed by atoms with van der Waals surface area (Å²) in [6.07, 6.45) is 6.53. The van der Waals surface area contributed by atoms with E-state index < -0.39 is 5.97 Å². The van der Waals surface area contributed by atoms with Gasteiger partial charge in [-0.1, -0.05) is 12.2 Å². The second kappa shape index (κ2) is 7.87. The third-order valence-corrected chi connectivity index (χ3v) is 3.04. The molecular weight excluding hydrogens is 234 g/mol. The van der Waals surface area contributed by atoms with E-state index in [9.17, 15) is 9.59 Å². The summed E-state index contributed by atoms with van der Waals surface area (Å²) in [5.74, 6) is -0.806. The fraction of sp³-hybridized carbons (Fsp3) is 0.692. The molecule has 5 heteroatoms. The molecule has 0 bridgehead atoms. The summed E-state index contributed by atoms with van der Waals surface area (Å²) in [4.78, 5) is 24.1. The molecule has 0 fully saturated rings. The van der Waals surface area contributed by atoms with Crippen LogP contribution in [0.1, 0.15) is 32.1 Å². The SMILES string of the molecule is CO[C@H]1C=CCCN(C(=O)CCCC(=O)O)CC1. The Labute approximate surface area is 107 Å². The van der Waals surface area contributed by atoms with E-state index in [-0.39, 0.29) is 18.4 Å². The lowest BCUT2D eigenvalue weighted by molar-refractivity contribution is -0.137. The zero-order valence-corrected chi connectivity index (χ0v) is 10.8. The first kappa shape index (κ1) is 14.7. The van der Waals surface area contributed by atoms with E-state index in [0.29, 0.717) is 25.9 Å². The summed E-state index contributed by atoms with van der Waals surface area (Å²) in [5, 5.41) is 8.53. The van der Waals surface area contributed by atoms with Gasteiger partial charge in [0.15, 0.2) is 0 Å². The predicted octanol–water partition coefficient (Wildman–Crippen LogP) is 1.43. The maximum Gasteiger partial charge on any atom is 0.303 e. The van der Waals surface area contributed by atoms with Crippen molar-refractivity contribution in [2.75, 3.05) is 20.2 Å². The summed E-state index contributed by atoms with van der Waals surface area (Å²) in [6.45, 7) is 1.38. The van der Waals surface area contributed by atoms with Crippen LogP contribution in [0, 0.1) is 0 Å². The van der Waals surface area contributed by atoms with Crippen molar-refractivity contribution in [3.63, 3.8) is 0 Å². The Morgan fingerprint density at radius 1 is 1.39 bits per heavy atom. The number of carboxylic acid groups (broad SMARTS) is 1. The highest BCUT2D eigenvalue weighted by Crippen LogP contribution is 2.10. The van der Waals surface area contributed by atoms with Crippen LogP contribution in [0.25, 0.3) is 0 Å². The number of carbonyl (C=O) groups is 2. The standard InChI is InChI=1S/C13H21NO4/c1-18-11-5-2-3-9-14(10-8-11)12(15)6-4-7-13(16)17/h2,5,11H,3-4,6-10H2,1H3,(H,16,17)/t11-/m0/s1. The minimum atomic E-state index is -0.849. The highest BCUT2D eigenvalue weighted by atomic mass is 16.5. The Hall–Kier alpha value is -1.36. The topological polar surface area (TPSA) is 66.8 Å². The van der Waals surface area contributed by atoms with Gasteiger partial charge in [0, 0.05) is 33.0 Å². The van der Waals surface area contributed by atoms with Crippen molar-refractivity contribution in [2.45, 2.75) is 38.2 Å². The van der Waals surface area contributed by atoms with Crippen LogP contribution in [-0.4, -0.2) is 48.2 Å². The molecule has 0 unspecified atom stereocenters. The molecule has 0 saturated heterocycles. The number of carboxylic acids is 1. The molecule has 0 aromatic heterocycles. The summed E-state index contributed by atoms with van der Waals surface area (Å²) in [5.41, 5.74) is 0. The van der Waals surface area contributed by atoms with Crippen LogP contribution in [0.5, 0.6) is 0 Å². The number of aliphatic carboxylic acids is 1. The third-order valence-electron chi connectivity index (χ3n) is 3.04. The average molecular weight is 255 g/mol. The van der Waals surface area contributed by atoms with Crippen molar-refractivity contribution in [1.82, 2.24) is 4.90 Å². The molecule has 0 aromatic carbocycles. The van der Waals surface area contributed by atoms with E-state index in [1.807, 2.05) is 12.2 Å². The number of carbonyl (C=O) groups excluding carboxylic acids is 1. The molecule has 0 aromatic rings. The highest BCUT2D eigenvalue weighted by Gasteiger charge is 2.16. The van der Waals surface area contributed by atoms with E-state index in [1.165, 1.54) is 0 Å². The molecule has 1 N–H and O–H groups in total. The monoisotopic (exact) mass is 255 g/mol. The van der Waals surface area contributed by atoms with Gasteiger partial charge in [-0.05, 0) is 19.3 Å². The Kier molecular flexibility index (Phi) is 6.43. The number of ether oxygens (including phenoxy) is 1. The largest absolute Gasteiger partial charge is 0.481 e. The zero-order chi connectivity index (χ0) is 13.4. The fourth-order valence-corrected chi connectivity index (χ4v) is 1.96. The molecule has 1 aliphatic rings. The zero-order valence-electron chi connectivity index (χ0n) is 10.8. The second-order valence-electron chi connectivity index (χ2n) is 4.41. The predicted molar refractivity (Wildman–Crippen MR) is 67.2 cm³/mol. The number of nitrogens with zero attached hydrogens (tertiary/aromatic N) is 1. The molecule has 102 valence electrons. The van der Waals surface area contributed by atoms with Gasteiger partial charge < -0.3 is 14.7 Å². The normalized spacial score (nSPS) is 20.3. The summed E-state index contributed by atoms with van der Waals surface area (Å²) in [6, 6.07) is 0. The Balaban J connectivity index is 2.37. The van der Waals surface area contributed by atoms with Crippen LogP contribution in [0.4, 0.5) is 0 Å². The maximum absolute atomic E-state index is 11.9. The summed E-state index contributed by atoms with van der Waals surface area (Å²) in [7, 11) is 1.66. The highest BCUT2D eigenvalue weighted by molar-refractivity contribution is 5.77. The van der Waals surface area contributed by atoms with Crippen LogP contribution in [0.2, 0.25) is 0 Å². The van der Waals surface area contributed by atoms with Gasteiger partial charge in [-0.2, -0.15) is 0 Å². The Morgan fingerprint density at radius 3 is 2.83 bits per heavy atom. The minimum Gasteiger partial charge on any atom is -0.481 e. The van der Waals surface area contributed by atoms with Gasteiger partial charge in [-0.3, -0.25) is 9.59 Å². The third kappa shape index (κ3) is 5.31. The molecular formula is C13H21NO4. The van der Waals surface area contributed by atoms with Gasteiger partial charge in [0.05, 0.1) is 6.10 Å². The Bertz CT molecular complexity index is 314. The van der Waals surface area contributed by atoms with Crippen LogP contribution in [-0.2, 0) is 14.3 Å². The molecule has 1 aliphatic heterocycles. The molecule has 0 aliphatic carbocycles. The number of hydrogen-bond donors (Lipinski definition) is 1. The molecule has 18 heavy (non-hydrogen) atoms. The van der Waals surface area contributed by atoms with Crippen molar-refractivity contribution in [1.29, 1.82) is 0 Å². The van der Waals surface area contributed by atoms with Gasteiger partial charge in [0.25, 0.3) is 0 Å². The lowest BCUT2D eigenvalue weighted by Crippen LogP contribution is -2.35. The average Bonchev–Trinajstić information content (AvgIpc) is 2.28. The number of rotatable bonds is 5. The number of methoxy groups -OCH3 is 1. The van der Waals surface area contributed by atoms with Gasteiger partial charge in [0.2, 0.25) is 5.91 Å². The van der Waals surface area contributed by atoms with Gasteiger partial charge in [-0.25, -0.2) is 0 Å². The molecule has 5 nitrogen and oxygen atoms in total. The molecule has 1 amide bonds. The van der Waals surface area contributed by atoms with Crippen molar-refractivity contribution in [2.24, 2.45) is 0 Å². The summed E-state index contributed by atoms with van der Waals surface area (Å²) < 4.78 is 5.26. The maximum atomic E-state index is 11.9. The molecule has 1 atom stereocenters. The molecule has 0 spiro atoms. The van der Waals surface area contributed by atoms with Gasteiger partial charge in [-0.15, -0.1) is 0 Å². The van der Waals surface area contributed by atoms with E-state index in [2.05, 4.69) is 0 Å². The van der Waals surface area contributed by atoms with Gasteiger partial charge >= 0.3 is 5.97 Å². The van der Waals surface area contributed by atoms with Crippen molar-refractivity contribution >= 4 is 11.9 Å². The van der Waals surface area contributed by atoms with Crippen molar-refractivity contribution in [3.05, 3.63) is 12.2 Å². The van der Waals surface area contributed by atoms with Crippen LogP contribution in [0.3, 0.4) is 0 Å². The molecule has 1 rings (SSSR count). The number of hydrogen-bond acceptors (Lipinski definition) is 3. The first-order valence-electron chi connectivity index (χ1n) is 6.32. The first-order chi connectivity index (χ1) is 8.63. The van der Waals surface area contributed by atoms with Crippen LogP contribution in [0.15, 0.2) is 12.2 Å². The minimum absolute atomic E-state index is 0.0430. The van der Waals surface area contributed by atoms with E-state index in [1.54, 1.807) is 12.0 Å². The molecule has 0 radical (unpaired) electrons. The van der Waals surface area contributed by atoms with Crippen molar-refractivity contribution in [3.8, 4) is 0 Å². The van der Waals surface area contributed by atoms with Crippen molar-refractivity contribution < 1.29 is 19.4 Å². The van der Waals surface area contributed by atoms with Crippen LogP contribution >= 0.6 is 0 Å². The molecule has 1 heterocycles. The lowest BCUT2D eigenvalue weighted by atomic mass is 10.1. The Morgan fingerprint density at radius 2 is 2.17 bits per heavy atom.